The summed E-state index contributed by atoms with van der Waals surface area (Å²) in [6.07, 6.45) is 2.93. The number of amides is 2. The molecule has 2 bridgehead atoms. The minimum absolute atomic E-state index is 0.0807. The smallest absolute Gasteiger partial charge is 0.320 e. The maximum Gasteiger partial charge on any atom is 0.331 e. The molecule has 6 heteroatoms. The molecule has 132 valence electrons. The van der Waals surface area contributed by atoms with Gasteiger partial charge in [0.2, 0.25) is 0 Å². The van der Waals surface area contributed by atoms with E-state index in [1.165, 1.54) is 12.1 Å². The first-order valence-corrected chi connectivity index (χ1v) is 9.88. The average Bonchev–Trinajstić information content (AvgIpc) is 2.68. The van der Waals surface area contributed by atoms with Crippen LogP contribution in [0.5, 0.6) is 0 Å². The topological polar surface area (TPSA) is 66.5 Å². The van der Waals surface area contributed by atoms with Gasteiger partial charge in [0.05, 0.1) is 4.90 Å². The number of carbonyl (C=O) groups is 1. The normalized spacial score (nSPS) is 28.7. The molecule has 0 aromatic heterocycles. The lowest BCUT2D eigenvalue weighted by Gasteiger charge is -2.39. The maximum absolute atomic E-state index is 12.6. The fourth-order valence-electron chi connectivity index (χ4n) is 4.65. The van der Waals surface area contributed by atoms with E-state index < -0.39 is 16.1 Å². The van der Waals surface area contributed by atoms with Gasteiger partial charge in [0.15, 0.2) is 0 Å². The molecule has 1 aliphatic carbocycles. The number of likely N-dealkylation sites (tertiary alicyclic amines) is 1. The van der Waals surface area contributed by atoms with Gasteiger partial charge in [0, 0.05) is 12.6 Å². The maximum atomic E-state index is 12.6. The minimum atomic E-state index is -3.83. The number of hydrogen-bond donors (Lipinski definition) is 1. The Kier molecular flexibility index (Phi) is 3.94. The summed E-state index contributed by atoms with van der Waals surface area (Å²) in [7, 11) is -3.83. The Balaban J connectivity index is 1.77. The molecule has 3 rings (SSSR count). The van der Waals surface area contributed by atoms with Crippen LogP contribution in [-0.4, -0.2) is 31.9 Å². The van der Waals surface area contributed by atoms with Crippen LogP contribution >= 0.6 is 0 Å². The second-order valence-corrected chi connectivity index (χ2v) is 10.2. The van der Waals surface area contributed by atoms with Crippen LogP contribution in [0.15, 0.2) is 29.2 Å². The Hall–Kier alpha value is -1.56. The van der Waals surface area contributed by atoms with Crippen LogP contribution in [0.3, 0.4) is 0 Å². The third-order valence-electron chi connectivity index (χ3n) is 5.23. The molecule has 2 atom stereocenters. The minimum Gasteiger partial charge on any atom is -0.320 e. The molecule has 2 aliphatic rings. The van der Waals surface area contributed by atoms with Crippen molar-refractivity contribution >= 4 is 16.1 Å². The lowest BCUT2D eigenvalue weighted by atomic mass is 9.65. The van der Waals surface area contributed by atoms with Gasteiger partial charge in [0.1, 0.15) is 0 Å². The Morgan fingerprint density at radius 3 is 2.42 bits per heavy atom. The first-order valence-electron chi connectivity index (χ1n) is 8.40. The number of urea groups is 1. The molecular formula is C18H26N2O3S. The van der Waals surface area contributed by atoms with Crippen molar-refractivity contribution in [1.82, 2.24) is 9.62 Å². The Morgan fingerprint density at radius 1 is 1.17 bits per heavy atom. The van der Waals surface area contributed by atoms with Crippen molar-refractivity contribution in [3.63, 3.8) is 0 Å². The van der Waals surface area contributed by atoms with E-state index >= 15 is 0 Å². The highest BCUT2D eigenvalue weighted by Crippen LogP contribution is 2.52. The molecule has 1 N–H and O–H groups in total. The summed E-state index contributed by atoms with van der Waals surface area (Å²) in [4.78, 5) is 14.5. The van der Waals surface area contributed by atoms with E-state index in [-0.39, 0.29) is 21.8 Å². The number of aryl methyl sites for hydroxylation is 1. The molecule has 1 saturated carbocycles. The van der Waals surface area contributed by atoms with E-state index in [2.05, 4.69) is 25.5 Å². The molecule has 1 heterocycles. The molecule has 1 aromatic carbocycles. The fourth-order valence-corrected chi connectivity index (χ4v) is 5.61. The Labute approximate surface area is 144 Å². The SMILES string of the molecule is Cc1ccc(S(=O)(=O)NC(=O)N2C[C@@]3(C)C[C@H]2CC(C)(C)C3)cc1. The summed E-state index contributed by atoms with van der Waals surface area (Å²) in [6, 6.07) is 6.13. The number of rotatable bonds is 2. The molecule has 2 amide bonds. The van der Waals surface area contributed by atoms with Crippen LogP contribution in [0.2, 0.25) is 0 Å². The van der Waals surface area contributed by atoms with Crippen LogP contribution in [-0.2, 0) is 10.0 Å². The van der Waals surface area contributed by atoms with Gasteiger partial charge in [-0.2, -0.15) is 0 Å². The monoisotopic (exact) mass is 350 g/mol. The summed E-state index contributed by atoms with van der Waals surface area (Å²) in [5.41, 5.74) is 1.24. The van der Waals surface area contributed by atoms with Gasteiger partial charge in [-0.1, -0.05) is 38.5 Å². The quantitative estimate of drug-likeness (QED) is 0.890. The molecule has 5 nitrogen and oxygen atoms in total. The lowest BCUT2D eigenvalue weighted by molar-refractivity contribution is 0.129. The van der Waals surface area contributed by atoms with Crippen LogP contribution in [0, 0.1) is 17.8 Å². The Bertz CT molecular complexity index is 755. The first-order chi connectivity index (χ1) is 11.0. The van der Waals surface area contributed by atoms with E-state index in [9.17, 15) is 13.2 Å². The lowest BCUT2D eigenvalue weighted by Crippen LogP contribution is -2.45. The molecule has 1 aliphatic heterocycles. The number of benzene rings is 1. The predicted molar refractivity (Wildman–Crippen MR) is 93.1 cm³/mol. The molecule has 0 unspecified atom stereocenters. The van der Waals surface area contributed by atoms with E-state index in [0.717, 1.165) is 24.8 Å². The van der Waals surface area contributed by atoms with E-state index in [0.29, 0.717) is 6.54 Å². The van der Waals surface area contributed by atoms with Crippen LogP contribution in [0.1, 0.15) is 45.6 Å². The van der Waals surface area contributed by atoms with Gasteiger partial charge < -0.3 is 4.90 Å². The van der Waals surface area contributed by atoms with Crippen LogP contribution in [0.25, 0.3) is 0 Å². The number of hydrogen-bond acceptors (Lipinski definition) is 3. The van der Waals surface area contributed by atoms with Crippen molar-refractivity contribution in [1.29, 1.82) is 0 Å². The predicted octanol–water partition coefficient (Wildman–Crippen LogP) is 3.29. The van der Waals surface area contributed by atoms with Gasteiger partial charge >= 0.3 is 6.03 Å². The zero-order chi connectivity index (χ0) is 17.8. The van der Waals surface area contributed by atoms with Gasteiger partial charge in [0.25, 0.3) is 10.0 Å². The van der Waals surface area contributed by atoms with E-state index in [1.54, 1.807) is 17.0 Å². The van der Waals surface area contributed by atoms with Crippen LogP contribution < -0.4 is 4.72 Å². The van der Waals surface area contributed by atoms with Crippen molar-refractivity contribution in [2.75, 3.05) is 6.54 Å². The second-order valence-electron chi connectivity index (χ2n) is 8.57. The van der Waals surface area contributed by atoms with Crippen LogP contribution in [0.4, 0.5) is 4.79 Å². The summed E-state index contributed by atoms with van der Waals surface area (Å²) in [5, 5.41) is 0. The third-order valence-corrected chi connectivity index (χ3v) is 6.56. The van der Waals surface area contributed by atoms with Crippen molar-refractivity contribution in [3.8, 4) is 0 Å². The highest BCUT2D eigenvalue weighted by molar-refractivity contribution is 7.90. The molecule has 2 fully saturated rings. The van der Waals surface area contributed by atoms with Gasteiger partial charge in [-0.3, -0.25) is 0 Å². The number of nitrogens with zero attached hydrogens (tertiary/aromatic N) is 1. The number of carbonyl (C=O) groups excluding carboxylic acids is 1. The summed E-state index contributed by atoms with van der Waals surface area (Å²) in [5.74, 6) is 0. The number of nitrogens with one attached hydrogen (secondary N) is 1. The largest absolute Gasteiger partial charge is 0.331 e. The highest BCUT2D eigenvalue weighted by Gasteiger charge is 2.51. The van der Waals surface area contributed by atoms with Gasteiger partial charge in [-0.15, -0.1) is 0 Å². The van der Waals surface area contributed by atoms with Gasteiger partial charge in [-0.05, 0) is 49.1 Å². The number of fused-ring (bicyclic) bond motifs is 2. The zero-order valence-corrected chi connectivity index (χ0v) is 15.6. The molecule has 1 aromatic rings. The summed E-state index contributed by atoms with van der Waals surface area (Å²) < 4.78 is 27.2. The first kappa shape index (κ1) is 17.3. The summed E-state index contributed by atoms with van der Waals surface area (Å²) >= 11 is 0. The van der Waals surface area contributed by atoms with Gasteiger partial charge in [-0.25, -0.2) is 17.9 Å². The standard InChI is InChI=1S/C18H26N2O3S/c1-13-5-7-15(8-6-13)24(22,23)19-16(21)20-12-18(4)10-14(20)9-17(2,3)11-18/h5-8,14H,9-12H2,1-4H3,(H,19,21)/t14-,18+/m1/s1. The molecule has 1 saturated heterocycles. The average molecular weight is 350 g/mol. The van der Waals surface area contributed by atoms with Crippen molar-refractivity contribution in [2.24, 2.45) is 10.8 Å². The second kappa shape index (κ2) is 5.48. The summed E-state index contributed by atoms with van der Waals surface area (Å²) in [6.45, 7) is 9.16. The molecular weight excluding hydrogens is 324 g/mol. The molecule has 0 spiro atoms. The number of sulfonamides is 1. The van der Waals surface area contributed by atoms with E-state index in [4.69, 9.17) is 0 Å². The molecule has 0 radical (unpaired) electrons. The zero-order valence-electron chi connectivity index (χ0n) is 14.8. The van der Waals surface area contributed by atoms with E-state index in [1.807, 2.05) is 6.92 Å². The molecule has 24 heavy (non-hydrogen) atoms. The highest BCUT2D eigenvalue weighted by atomic mass is 32.2. The van der Waals surface area contributed by atoms with Crippen molar-refractivity contribution < 1.29 is 13.2 Å². The fraction of sp³-hybridized carbons (Fsp3) is 0.611. The van der Waals surface area contributed by atoms with Crippen molar-refractivity contribution in [3.05, 3.63) is 29.8 Å². The Morgan fingerprint density at radius 2 is 1.79 bits per heavy atom. The van der Waals surface area contributed by atoms with Crippen molar-refractivity contribution in [2.45, 2.75) is 57.9 Å². The third kappa shape index (κ3) is 3.29.